The van der Waals surface area contributed by atoms with Crippen molar-refractivity contribution in [1.82, 2.24) is 0 Å². The van der Waals surface area contributed by atoms with Gasteiger partial charge in [-0.3, -0.25) is 0 Å². The van der Waals surface area contributed by atoms with E-state index in [2.05, 4.69) is 0 Å². The van der Waals surface area contributed by atoms with Crippen molar-refractivity contribution >= 4 is 33.4 Å². The minimum absolute atomic E-state index is 0.0292. The minimum atomic E-state index is -3.89. The highest BCUT2D eigenvalue weighted by Gasteiger charge is 2.21. The van der Waals surface area contributed by atoms with Gasteiger partial charge in [0.05, 0.1) is 16.1 Å². The smallest absolute Gasteiger partial charge is 0.337 e. The lowest BCUT2D eigenvalue weighted by molar-refractivity contribution is 0.0697. The summed E-state index contributed by atoms with van der Waals surface area (Å²) in [4.78, 5) is 13.0. The van der Waals surface area contributed by atoms with Crippen LogP contribution in [-0.4, -0.2) is 44.1 Å². The third-order valence-electron chi connectivity index (χ3n) is 2.88. The molecule has 6 nitrogen and oxygen atoms in total. The highest BCUT2D eigenvalue weighted by molar-refractivity contribution is 7.99. The SMILES string of the molecule is NS(=O)(=O)c1ccc(N2CCSCC2)c(C(=O)O)c1. The molecule has 0 aromatic heterocycles. The Balaban J connectivity index is 2.46. The predicted octanol–water partition coefficient (Wildman–Crippen LogP) is 0.585. The van der Waals surface area contributed by atoms with Crippen LogP contribution in [0.2, 0.25) is 0 Å². The molecular formula is C11H14N2O4S2. The first-order valence-corrected chi connectivity index (χ1v) is 8.32. The zero-order chi connectivity index (χ0) is 14.0. The standard InChI is InChI=1S/C11H14N2O4S2/c12-19(16,17)8-1-2-10(9(7-8)11(14)15)13-3-5-18-6-4-13/h1-2,7H,3-6H2,(H,14,15)(H2,12,16,17). The molecule has 0 atom stereocenters. The monoisotopic (exact) mass is 302 g/mol. The lowest BCUT2D eigenvalue weighted by Gasteiger charge is -2.29. The Morgan fingerprint density at radius 3 is 2.47 bits per heavy atom. The molecule has 1 aromatic rings. The van der Waals surface area contributed by atoms with Crippen LogP contribution < -0.4 is 10.0 Å². The molecule has 2 rings (SSSR count). The molecule has 1 heterocycles. The van der Waals surface area contributed by atoms with E-state index in [4.69, 9.17) is 5.14 Å². The summed E-state index contributed by atoms with van der Waals surface area (Å²) < 4.78 is 22.5. The van der Waals surface area contributed by atoms with E-state index < -0.39 is 16.0 Å². The van der Waals surface area contributed by atoms with Crippen molar-refractivity contribution in [2.45, 2.75) is 4.90 Å². The van der Waals surface area contributed by atoms with Gasteiger partial charge in [-0.15, -0.1) is 0 Å². The number of rotatable bonds is 3. The molecule has 104 valence electrons. The first kappa shape index (κ1) is 14.2. The van der Waals surface area contributed by atoms with Gasteiger partial charge in [0.1, 0.15) is 0 Å². The molecular weight excluding hydrogens is 288 g/mol. The van der Waals surface area contributed by atoms with Crippen LogP contribution in [0.5, 0.6) is 0 Å². The van der Waals surface area contributed by atoms with Crippen molar-refractivity contribution in [2.75, 3.05) is 29.5 Å². The van der Waals surface area contributed by atoms with E-state index in [9.17, 15) is 18.3 Å². The summed E-state index contributed by atoms with van der Waals surface area (Å²) in [5.74, 6) is 0.699. The molecule has 0 bridgehead atoms. The Labute approximate surface area is 115 Å². The highest BCUT2D eigenvalue weighted by Crippen LogP contribution is 2.26. The number of nitrogens with zero attached hydrogens (tertiary/aromatic N) is 1. The fraction of sp³-hybridized carbons (Fsp3) is 0.364. The van der Waals surface area contributed by atoms with Crippen LogP contribution in [0, 0.1) is 0 Å². The van der Waals surface area contributed by atoms with Gasteiger partial charge in [-0.2, -0.15) is 11.8 Å². The third kappa shape index (κ3) is 3.20. The molecule has 0 unspecified atom stereocenters. The summed E-state index contributed by atoms with van der Waals surface area (Å²) >= 11 is 1.81. The van der Waals surface area contributed by atoms with Crippen LogP contribution in [0.4, 0.5) is 5.69 Å². The maximum atomic E-state index is 11.3. The molecule has 1 saturated heterocycles. The van der Waals surface area contributed by atoms with Crippen molar-refractivity contribution in [2.24, 2.45) is 5.14 Å². The molecule has 1 fully saturated rings. The molecule has 8 heteroatoms. The lowest BCUT2D eigenvalue weighted by Crippen LogP contribution is -2.33. The van der Waals surface area contributed by atoms with Gasteiger partial charge in [-0.1, -0.05) is 0 Å². The maximum Gasteiger partial charge on any atom is 0.337 e. The zero-order valence-corrected chi connectivity index (χ0v) is 11.7. The third-order valence-corrected chi connectivity index (χ3v) is 4.73. The molecule has 1 aliphatic heterocycles. The number of hydrogen-bond donors (Lipinski definition) is 2. The van der Waals surface area contributed by atoms with Gasteiger partial charge in [-0.25, -0.2) is 18.4 Å². The second-order valence-corrected chi connectivity index (χ2v) is 6.91. The number of anilines is 1. The second-order valence-electron chi connectivity index (χ2n) is 4.13. The van der Waals surface area contributed by atoms with Crippen molar-refractivity contribution in [1.29, 1.82) is 0 Å². The van der Waals surface area contributed by atoms with Gasteiger partial charge in [-0.05, 0) is 18.2 Å². The number of hydrogen-bond acceptors (Lipinski definition) is 5. The normalized spacial score (nSPS) is 16.4. The molecule has 0 spiro atoms. The van der Waals surface area contributed by atoms with E-state index in [1.807, 2.05) is 16.7 Å². The molecule has 3 N–H and O–H groups in total. The summed E-state index contributed by atoms with van der Waals surface area (Å²) in [6, 6.07) is 3.98. The number of carboxylic acid groups (broad SMARTS) is 1. The van der Waals surface area contributed by atoms with E-state index in [0.717, 1.165) is 30.7 Å². The van der Waals surface area contributed by atoms with Gasteiger partial charge in [0, 0.05) is 24.6 Å². The maximum absolute atomic E-state index is 11.3. The van der Waals surface area contributed by atoms with Gasteiger partial charge in [0.25, 0.3) is 0 Å². The summed E-state index contributed by atoms with van der Waals surface area (Å²) in [7, 11) is -3.89. The van der Waals surface area contributed by atoms with Crippen LogP contribution >= 0.6 is 11.8 Å². The topological polar surface area (TPSA) is 101 Å². The summed E-state index contributed by atoms with van der Waals surface area (Å²) in [6.07, 6.45) is 0. The number of aromatic carboxylic acids is 1. The van der Waals surface area contributed by atoms with Crippen molar-refractivity contribution < 1.29 is 18.3 Å². The first-order chi connectivity index (χ1) is 8.89. The molecule has 0 radical (unpaired) electrons. The lowest BCUT2D eigenvalue weighted by atomic mass is 10.1. The van der Waals surface area contributed by atoms with Crippen molar-refractivity contribution in [3.8, 4) is 0 Å². The highest BCUT2D eigenvalue weighted by atomic mass is 32.2. The molecule has 0 saturated carbocycles. The van der Waals surface area contributed by atoms with Crippen LogP contribution in [0.25, 0.3) is 0 Å². The molecule has 0 aliphatic carbocycles. The van der Waals surface area contributed by atoms with Crippen LogP contribution in [0.3, 0.4) is 0 Å². The minimum Gasteiger partial charge on any atom is -0.478 e. The summed E-state index contributed by atoms with van der Waals surface area (Å²) in [6.45, 7) is 1.50. The van der Waals surface area contributed by atoms with Crippen LogP contribution in [0.1, 0.15) is 10.4 Å². The number of nitrogens with two attached hydrogens (primary N) is 1. The number of carbonyl (C=O) groups is 1. The van der Waals surface area contributed by atoms with Gasteiger partial charge < -0.3 is 10.0 Å². The Hall–Kier alpha value is -1.25. The molecule has 0 amide bonds. The van der Waals surface area contributed by atoms with E-state index in [1.165, 1.54) is 12.1 Å². The first-order valence-electron chi connectivity index (χ1n) is 5.62. The van der Waals surface area contributed by atoms with E-state index in [-0.39, 0.29) is 10.5 Å². The Bertz CT molecular complexity index is 595. The number of carboxylic acids is 1. The number of sulfonamides is 1. The summed E-state index contributed by atoms with van der Waals surface area (Å²) in [5.41, 5.74) is 0.513. The second kappa shape index (κ2) is 5.40. The fourth-order valence-electron chi connectivity index (χ4n) is 1.94. The van der Waals surface area contributed by atoms with E-state index >= 15 is 0 Å². The zero-order valence-electron chi connectivity index (χ0n) is 10.1. The van der Waals surface area contributed by atoms with Crippen molar-refractivity contribution in [3.63, 3.8) is 0 Å². The average Bonchev–Trinajstić information content (AvgIpc) is 2.38. The van der Waals surface area contributed by atoms with Gasteiger partial charge in [0.15, 0.2) is 0 Å². The number of primary sulfonamides is 1. The van der Waals surface area contributed by atoms with Gasteiger partial charge in [0.2, 0.25) is 10.0 Å². The Morgan fingerprint density at radius 2 is 1.95 bits per heavy atom. The van der Waals surface area contributed by atoms with E-state index in [0.29, 0.717) is 5.69 Å². The van der Waals surface area contributed by atoms with Crippen LogP contribution in [0.15, 0.2) is 23.1 Å². The fourth-order valence-corrected chi connectivity index (χ4v) is 3.39. The Morgan fingerprint density at radius 1 is 1.32 bits per heavy atom. The summed E-state index contributed by atoms with van der Waals surface area (Å²) in [5, 5.41) is 14.2. The number of thioether (sulfide) groups is 1. The van der Waals surface area contributed by atoms with Crippen molar-refractivity contribution in [3.05, 3.63) is 23.8 Å². The Kier molecular flexibility index (Phi) is 4.02. The number of benzene rings is 1. The molecule has 1 aliphatic rings. The molecule has 1 aromatic carbocycles. The van der Waals surface area contributed by atoms with Crippen LogP contribution in [-0.2, 0) is 10.0 Å². The van der Waals surface area contributed by atoms with Gasteiger partial charge >= 0.3 is 5.97 Å². The van der Waals surface area contributed by atoms with E-state index in [1.54, 1.807) is 0 Å². The predicted molar refractivity (Wildman–Crippen MR) is 74.3 cm³/mol. The molecule has 19 heavy (non-hydrogen) atoms. The quantitative estimate of drug-likeness (QED) is 0.847. The average molecular weight is 302 g/mol. The largest absolute Gasteiger partial charge is 0.478 e.